The Kier molecular flexibility index (Phi) is 7.44. The molecule has 3 aromatic rings. The zero-order chi connectivity index (χ0) is 26.6. The number of ketones is 1. The van der Waals surface area contributed by atoms with E-state index in [4.69, 9.17) is 14.7 Å². The lowest BCUT2D eigenvalue weighted by molar-refractivity contribution is -0.126. The Balaban J connectivity index is 1.44. The molecule has 0 spiro atoms. The summed E-state index contributed by atoms with van der Waals surface area (Å²) in [5.41, 5.74) is 2.94. The van der Waals surface area contributed by atoms with E-state index >= 15 is 0 Å². The number of hydrogen-bond donors (Lipinski definition) is 1. The predicted octanol–water partition coefficient (Wildman–Crippen LogP) is 3.48. The van der Waals surface area contributed by atoms with Gasteiger partial charge in [0.15, 0.2) is 0 Å². The molecule has 5 rings (SSSR count). The highest BCUT2D eigenvalue weighted by molar-refractivity contribution is 5.95. The molecule has 38 heavy (non-hydrogen) atoms. The van der Waals surface area contributed by atoms with Crippen LogP contribution >= 0.6 is 0 Å². The minimum absolute atomic E-state index is 0.0576. The van der Waals surface area contributed by atoms with Crippen LogP contribution in [-0.4, -0.2) is 71.0 Å². The molecule has 1 amide bonds. The highest BCUT2D eigenvalue weighted by atomic mass is 16.5. The lowest BCUT2D eigenvalue weighted by Gasteiger charge is -2.38. The van der Waals surface area contributed by atoms with E-state index in [1.807, 2.05) is 24.3 Å². The third kappa shape index (κ3) is 5.41. The summed E-state index contributed by atoms with van der Waals surface area (Å²) in [5, 5.41) is 12.5. The molecule has 0 aliphatic carbocycles. The topological polar surface area (TPSA) is 99.1 Å². The van der Waals surface area contributed by atoms with Crippen LogP contribution in [0.25, 0.3) is 10.8 Å². The number of aromatic nitrogens is 2. The Labute approximate surface area is 222 Å². The first-order chi connectivity index (χ1) is 18.4. The normalized spacial score (nSPS) is 15.3. The Morgan fingerprint density at radius 3 is 2.63 bits per heavy atom. The monoisotopic (exact) mass is 515 g/mol. The number of rotatable bonds is 8. The number of aromatic hydroxyl groups is 1. The highest BCUT2D eigenvalue weighted by Crippen LogP contribution is 2.36. The van der Waals surface area contributed by atoms with E-state index in [0.717, 1.165) is 46.5 Å². The van der Waals surface area contributed by atoms with Crippen LogP contribution in [-0.2, 0) is 22.6 Å². The number of benzene rings is 2. The number of phenolic OH excluding ortho intramolecular Hbond substituents is 1. The smallest absolute Gasteiger partial charge is 0.318 e. The molecule has 198 valence electrons. The van der Waals surface area contributed by atoms with Gasteiger partial charge >= 0.3 is 6.01 Å². The summed E-state index contributed by atoms with van der Waals surface area (Å²) in [4.78, 5) is 39.3. The van der Waals surface area contributed by atoms with E-state index in [0.29, 0.717) is 58.2 Å². The lowest BCUT2D eigenvalue weighted by Crippen LogP contribution is -2.49. The third-order valence-corrected chi connectivity index (χ3v) is 7.16. The van der Waals surface area contributed by atoms with Gasteiger partial charge in [0, 0.05) is 61.8 Å². The molecule has 2 aliphatic rings. The minimum Gasteiger partial charge on any atom is -0.508 e. The first kappa shape index (κ1) is 25.5. The first-order valence-corrected chi connectivity index (χ1v) is 13.1. The van der Waals surface area contributed by atoms with Gasteiger partial charge in [-0.15, -0.1) is 0 Å². The van der Waals surface area contributed by atoms with E-state index in [2.05, 4.69) is 22.4 Å². The van der Waals surface area contributed by atoms with Gasteiger partial charge in [-0.25, -0.2) is 0 Å². The number of amides is 1. The third-order valence-electron chi connectivity index (χ3n) is 7.16. The van der Waals surface area contributed by atoms with Crippen molar-refractivity contribution < 1.29 is 19.4 Å². The second-order valence-corrected chi connectivity index (χ2v) is 9.78. The maximum absolute atomic E-state index is 12.1. The van der Waals surface area contributed by atoms with Crippen molar-refractivity contribution in [3.8, 4) is 11.8 Å². The van der Waals surface area contributed by atoms with Crippen molar-refractivity contribution in [1.82, 2.24) is 14.9 Å². The SMILES string of the molecule is C=CC(=O)N1CCN(c2nc(OCCCC(C)=O)nc3c2CCN(c2cc(O)cc4ccccc24)C3)CC1. The molecule has 0 saturated carbocycles. The zero-order valence-corrected chi connectivity index (χ0v) is 21.7. The van der Waals surface area contributed by atoms with Crippen molar-refractivity contribution in [3.63, 3.8) is 0 Å². The first-order valence-electron chi connectivity index (χ1n) is 13.1. The van der Waals surface area contributed by atoms with Gasteiger partial charge in [0.1, 0.15) is 17.4 Å². The zero-order valence-electron chi connectivity index (χ0n) is 21.7. The largest absolute Gasteiger partial charge is 0.508 e. The number of piperazine rings is 1. The number of carbonyl (C=O) groups is 2. The summed E-state index contributed by atoms with van der Waals surface area (Å²) < 4.78 is 5.92. The van der Waals surface area contributed by atoms with Gasteiger partial charge in [-0.3, -0.25) is 4.79 Å². The second kappa shape index (κ2) is 11.1. The van der Waals surface area contributed by atoms with Crippen molar-refractivity contribution in [3.05, 3.63) is 60.3 Å². The summed E-state index contributed by atoms with van der Waals surface area (Å²) in [6, 6.07) is 11.9. The lowest BCUT2D eigenvalue weighted by atomic mass is 10.0. The van der Waals surface area contributed by atoms with Crippen LogP contribution in [0.5, 0.6) is 11.8 Å². The van der Waals surface area contributed by atoms with Gasteiger partial charge < -0.3 is 29.3 Å². The fraction of sp³-hybridized carbons (Fsp3) is 0.379. The van der Waals surface area contributed by atoms with Crippen molar-refractivity contribution in [2.24, 2.45) is 0 Å². The van der Waals surface area contributed by atoms with E-state index in [9.17, 15) is 14.7 Å². The van der Waals surface area contributed by atoms with E-state index < -0.39 is 0 Å². The van der Waals surface area contributed by atoms with Gasteiger partial charge in [0.2, 0.25) is 5.91 Å². The fourth-order valence-corrected chi connectivity index (χ4v) is 5.21. The Morgan fingerprint density at radius 2 is 1.87 bits per heavy atom. The van der Waals surface area contributed by atoms with Gasteiger partial charge in [-0.05, 0) is 37.3 Å². The second-order valence-electron chi connectivity index (χ2n) is 9.78. The number of anilines is 2. The number of fused-ring (bicyclic) bond motifs is 2. The predicted molar refractivity (Wildman–Crippen MR) is 147 cm³/mol. The van der Waals surface area contributed by atoms with E-state index in [1.54, 1.807) is 17.9 Å². The van der Waals surface area contributed by atoms with Crippen LogP contribution in [0.4, 0.5) is 11.5 Å². The van der Waals surface area contributed by atoms with E-state index in [1.165, 1.54) is 6.08 Å². The molecule has 1 N–H and O–H groups in total. The molecule has 1 aromatic heterocycles. The Hall–Kier alpha value is -4.14. The molecule has 2 aromatic carbocycles. The number of nitrogens with zero attached hydrogens (tertiary/aromatic N) is 5. The summed E-state index contributed by atoms with van der Waals surface area (Å²) >= 11 is 0. The number of carbonyl (C=O) groups excluding carboxylic acids is 2. The molecular weight excluding hydrogens is 482 g/mol. The van der Waals surface area contributed by atoms with Crippen LogP contribution in [0.2, 0.25) is 0 Å². The van der Waals surface area contributed by atoms with Crippen molar-refractivity contribution in [1.29, 1.82) is 0 Å². The molecule has 0 bridgehead atoms. The summed E-state index contributed by atoms with van der Waals surface area (Å²) in [5.74, 6) is 1.15. The van der Waals surface area contributed by atoms with Crippen LogP contribution in [0, 0.1) is 0 Å². The highest BCUT2D eigenvalue weighted by Gasteiger charge is 2.29. The van der Waals surface area contributed by atoms with E-state index in [-0.39, 0.29) is 17.4 Å². The number of hydrogen-bond acceptors (Lipinski definition) is 8. The molecule has 0 atom stereocenters. The maximum atomic E-state index is 12.1. The van der Waals surface area contributed by atoms with Crippen molar-refractivity contribution in [2.75, 3.05) is 49.1 Å². The minimum atomic E-state index is -0.0576. The van der Waals surface area contributed by atoms with Crippen molar-refractivity contribution in [2.45, 2.75) is 32.7 Å². The molecule has 9 nitrogen and oxygen atoms in total. The molecule has 0 radical (unpaired) electrons. The van der Waals surface area contributed by atoms with Crippen molar-refractivity contribution >= 4 is 34.0 Å². The summed E-state index contributed by atoms with van der Waals surface area (Å²) in [6.07, 6.45) is 3.16. The fourth-order valence-electron chi connectivity index (χ4n) is 5.21. The summed E-state index contributed by atoms with van der Waals surface area (Å²) in [7, 11) is 0. The van der Waals surface area contributed by atoms with Gasteiger partial charge in [0.05, 0.1) is 18.8 Å². The number of ether oxygens (including phenoxy) is 1. The molecule has 1 saturated heterocycles. The number of Topliss-reactive ketones (excluding diaryl/α,β-unsaturated/α-hetero) is 1. The average molecular weight is 516 g/mol. The molecular formula is C29H33N5O4. The number of phenols is 1. The molecule has 0 unspecified atom stereocenters. The Bertz CT molecular complexity index is 1370. The van der Waals surface area contributed by atoms with Crippen LogP contribution in [0.3, 0.4) is 0 Å². The van der Waals surface area contributed by atoms with Crippen LogP contribution in [0.15, 0.2) is 49.1 Å². The van der Waals surface area contributed by atoms with Crippen LogP contribution < -0.4 is 14.5 Å². The quantitative estimate of drug-likeness (QED) is 0.360. The average Bonchev–Trinajstić information content (AvgIpc) is 2.93. The standard InChI is InChI=1S/C29H33N5O4/c1-3-27(37)32-12-14-33(15-13-32)28-24-10-11-34(26-18-22(36)17-21-8-4-5-9-23(21)26)19-25(24)30-29(31-28)38-16-6-7-20(2)35/h3-5,8-9,17-18,36H,1,6-7,10-16,19H2,2H3. The summed E-state index contributed by atoms with van der Waals surface area (Å²) in [6.45, 7) is 9.36. The maximum Gasteiger partial charge on any atom is 0.318 e. The molecule has 9 heteroatoms. The Morgan fingerprint density at radius 1 is 1.08 bits per heavy atom. The molecule has 3 heterocycles. The molecule has 1 fully saturated rings. The van der Waals surface area contributed by atoms with Gasteiger partial charge in [0.25, 0.3) is 0 Å². The van der Waals surface area contributed by atoms with Gasteiger partial charge in [-0.2, -0.15) is 9.97 Å². The van der Waals surface area contributed by atoms with Gasteiger partial charge in [-0.1, -0.05) is 30.8 Å². The van der Waals surface area contributed by atoms with Crippen LogP contribution in [0.1, 0.15) is 31.0 Å². The molecule has 2 aliphatic heterocycles.